The number of para-hydroxylation sites is 1. The Morgan fingerprint density at radius 1 is 0.783 bits per heavy atom. The molecule has 2 heterocycles. The maximum absolute atomic E-state index is 14.6. The number of carbonyl (C=O) groups excluding carboxylic acids is 1. The van der Waals surface area contributed by atoms with Crippen LogP contribution in [0.15, 0.2) is 114 Å². The fourth-order valence-corrected chi connectivity index (χ4v) is 5.65. The Labute approximate surface area is 268 Å². The molecule has 1 aliphatic heterocycles. The van der Waals surface area contributed by atoms with Gasteiger partial charge in [-0.1, -0.05) is 66.7 Å². The fraction of sp³-hybridized carbons (Fsp3) is 0.243. The van der Waals surface area contributed by atoms with Gasteiger partial charge >= 0.3 is 5.69 Å². The second-order valence-electron chi connectivity index (χ2n) is 11.1. The Kier molecular flexibility index (Phi) is 9.92. The number of hydrogen-bond donors (Lipinski definition) is 1. The molecule has 0 bridgehead atoms. The van der Waals surface area contributed by atoms with Crippen LogP contribution in [-0.2, 0) is 11.3 Å². The lowest BCUT2D eigenvalue weighted by Crippen LogP contribution is -2.47. The molecule has 1 amide bonds. The van der Waals surface area contributed by atoms with E-state index in [0.717, 1.165) is 17.5 Å². The normalized spacial score (nSPS) is 13.0. The summed E-state index contributed by atoms with van der Waals surface area (Å²) >= 11 is 0. The van der Waals surface area contributed by atoms with Crippen LogP contribution in [0.3, 0.4) is 0 Å². The highest BCUT2D eigenvalue weighted by Gasteiger charge is 2.31. The van der Waals surface area contributed by atoms with E-state index in [1.54, 1.807) is 16.2 Å². The molecule has 1 fully saturated rings. The van der Waals surface area contributed by atoms with Crippen LogP contribution in [0.4, 0.5) is 0 Å². The summed E-state index contributed by atoms with van der Waals surface area (Å²) in [7, 11) is 1.66. The smallest absolute Gasteiger partial charge is 0.334 e. The minimum absolute atomic E-state index is 0.179. The minimum atomic E-state index is -0.316. The number of nitrogens with one attached hydrogen (secondary N) is 1. The monoisotopic (exact) mass is 618 g/mol. The Morgan fingerprint density at radius 3 is 2.24 bits per heavy atom. The summed E-state index contributed by atoms with van der Waals surface area (Å²) in [6.07, 6.45) is 0.739. The van der Waals surface area contributed by atoms with E-state index in [9.17, 15) is 9.59 Å². The van der Waals surface area contributed by atoms with Gasteiger partial charge in [-0.15, -0.1) is 0 Å². The Bertz CT molecular complexity index is 1810. The van der Waals surface area contributed by atoms with Crippen LogP contribution in [0, 0.1) is 0 Å². The number of carbonyl (C=O) groups is 1. The first-order valence-corrected chi connectivity index (χ1v) is 15.6. The van der Waals surface area contributed by atoms with Gasteiger partial charge in [0.05, 0.1) is 24.5 Å². The lowest BCUT2D eigenvalue weighted by atomic mass is 10.1. The lowest BCUT2D eigenvalue weighted by molar-refractivity contribution is 0.0725. The number of piperazine rings is 1. The molecule has 6 rings (SSSR count). The molecular formula is C37H38N4O5. The van der Waals surface area contributed by atoms with Crippen LogP contribution in [0.2, 0.25) is 0 Å². The van der Waals surface area contributed by atoms with Crippen molar-refractivity contribution in [2.45, 2.75) is 13.0 Å². The van der Waals surface area contributed by atoms with Gasteiger partial charge in [0.15, 0.2) is 0 Å². The van der Waals surface area contributed by atoms with Crippen LogP contribution in [-0.4, -0.2) is 66.4 Å². The Balaban J connectivity index is 1.48. The van der Waals surface area contributed by atoms with Crippen molar-refractivity contribution in [1.82, 2.24) is 19.4 Å². The number of nitrogens with zero attached hydrogens (tertiary/aromatic N) is 3. The number of imidazole rings is 1. The molecule has 5 aromatic rings. The van der Waals surface area contributed by atoms with Crippen molar-refractivity contribution in [3.8, 4) is 34.2 Å². The van der Waals surface area contributed by atoms with Gasteiger partial charge in [0.1, 0.15) is 22.9 Å². The molecule has 236 valence electrons. The van der Waals surface area contributed by atoms with E-state index in [2.05, 4.69) is 5.32 Å². The van der Waals surface area contributed by atoms with E-state index in [4.69, 9.17) is 14.2 Å². The number of benzene rings is 4. The maximum atomic E-state index is 14.6. The van der Waals surface area contributed by atoms with Gasteiger partial charge in [0.2, 0.25) is 0 Å². The van der Waals surface area contributed by atoms with Gasteiger partial charge in [-0.2, -0.15) is 0 Å². The van der Waals surface area contributed by atoms with Crippen molar-refractivity contribution in [2.24, 2.45) is 0 Å². The summed E-state index contributed by atoms with van der Waals surface area (Å²) in [6.45, 7) is 3.74. The highest BCUT2D eigenvalue weighted by molar-refractivity contribution is 5.99. The maximum Gasteiger partial charge on any atom is 0.334 e. The topological polar surface area (TPSA) is 87.0 Å². The predicted molar refractivity (Wildman–Crippen MR) is 178 cm³/mol. The molecule has 1 aliphatic rings. The van der Waals surface area contributed by atoms with Crippen molar-refractivity contribution < 1.29 is 19.0 Å². The zero-order chi connectivity index (χ0) is 31.7. The fourth-order valence-electron chi connectivity index (χ4n) is 5.65. The first-order valence-electron chi connectivity index (χ1n) is 15.6. The Morgan fingerprint density at radius 2 is 1.48 bits per heavy atom. The second kappa shape index (κ2) is 14.8. The standard InChI is InChI=1S/C37H38N4O5/c1-44-23-10-24-45-32-17-9-14-30(26-32)41-34(29-12-4-2-5-13-29)35(36(42)39-21-19-38-20-22-39)40(37(41)43)27-28-11-8-18-33(25-28)46-31-15-6-3-7-16-31/h2-9,11-18,25-26,38H,10,19-24,27H2,1H3. The summed E-state index contributed by atoms with van der Waals surface area (Å²) in [5.74, 6) is 1.81. The first kappa shape index (κ1) is 30.9. The highest BCUT2D eigenvalue weighted by Crippen LogP contribution is 2.30. The third-order valence-electron chi connectivity index (χ3n) is 7.85. The third-order valence-corrected chi connectivity index (χ3v) is 7.85. The van der Waals surface area contributed by atoms with Crippen LogP contribution in [0.5, 0.6) is 17.2 Å². The molecule has 46 heavy (non-hydrogen) atoms. The molecule has 0 radical (unpaired) electrons. The molecule has 0 spiro atoms. The van der Waals surface area contributed by atoms with E-state index < -0.39 is 0 Å². The summed E-state index contributed by atoms with van der Waals surface area (Å²) in [6, 6.07) is 34.3. The molecule has 4 aromatic carbocycles. The van der Waals surface area contributed by atoms with Gasteiger partial charge in [-0.05, 0) is 42.0 Å². The van der Waals surface area contributed by atoms with Gasteiger partial charge < -0.3 is 24.4 Å². The van der Waals surface area contributed by atoms with Gasteiger partial charge in [-0.3, -0.25) is 13.9 Å². The quantitative estimate of drug-likeness (QED) is 0.183. The SMILES string of the molecule is COCCCOc1cccc(-n2c(-c3ccccc3)c(C(=O)N3CCNCC3)n(Cc3cccc(Oc4ccccc4)c3)c2=O)c1. The molecule has 1 aromatic heterocycles. The van der Waals surface area contributed by atoms with Crippen LogP contribution in [0.1, 0.15) is 22.5 Å². The van der Waals surface area contributed by atoms with Crippen molar-refractivity contribution in [2.75, 3.05) is 46.5 Å². The minimum Gasteiger partial charge on any atom is -0.493 e. The van der Waals surface area contributed by atoms with Crippen LogP contribution >= 0.6 is 0 Å². The number of ether oxygens (including phenoxy) is 3. The van der Waals surface area contributed by atoms with E-state index in [0.29, 0.717) is 73.7 Å². The van der Waals surface area contributed by atoms with Gasteiger partial charge in [0.25, 0.3) is 5.91 Å². The molecule has 1 saturated heterocycles. The van der Waals surface area contributed by atoms with Crippen LogP contribution < -0.4 is 20.5 Å². The zero-order valence-corrected chi connectivity index (χ0v) is 25.9. The molecule has 0 aliphatic carbocycles. The average molecular weight is 619 g/mol. The predicted octanol–water partition coefficient (Wildman–Crippen LogP) is 5.61. The van der Waals surface area contributed by atoms with Gasteiger partial charge in [0, 0.05) is 57.9 Å². The zero-order valence-electron chi connectivity index (χ0n) is 25.9. The van der Waals surface area contributed by atoms with E-state index in [-0.39, 0.29) is 18.1 Å². The average Bonchev–Trinajstić information content (AvgIpc) is 3.39. The van der Waals surface area contributed by atoms with E-state index in [1.807, 2.05) is 114 Å². The summed E-state index contributed by atoms with van der Waals surface area (Å²) in [5, 5.41) is 3.32. The summed E-state index contributed by atoms with van der Waals surface area (Å²) in [4.78, 5) is 30.9. The second-order valence-corrected chi connectivity index (χ2v) is 11.1. The molecule has 0 unspecified atom stereocenters. The largest absolute Gasteiger partial charge is 0.493 e. The van der Waals surface area contributed by atoms with Gasteiger partial charge in [-0.25, -0.2) is 4.79 Å². The third kappa shape index (κ3) is 7.06. The van der Waals surface area contributed by atoms with Crippen molar-refractivity contribution in [1.29, 1.82) is 0 Å². The highest BCUT2D eigenvalue weighted by atomic mass is 16.5. The van der Waals surface area contributed by atoms with Crippen molar-refractivity contribution in [3.05, 3.63) is 131 Å². The first-order chi connectivity index (χ1) is 22.6. The molecule has 0 saturated carbocycles. The van der Waals surface area contributed by atoms with Crippen molar-refractivity contribution >= 4 is 5.91 Å². The number of amides is 1. The summed E-state index contributed by atoms with van der Waals surface area (Å²) in [5.41, 5.74) is 2.79. The molecule has 0 atom stereocenters. The molecule has 1 N–H and O–H groups in total. The van der Waals surface area contributed by atoms with E-state index >= 15 is 0 Å². The molecule has 9 heteroatoms. The van der Waals surface area contributed by atoms with Crippen molar-refractivity contribution in [3.63, 3.8) is 0 Å². The van der Waals surface area contributed by atoms with Crippen LogP contribution in [0.25, 0.3) is 16.9 Å². The summed E-state index contributed by atoms with van der Waals surface area (Å²) < 4.78 is 20.5. The number of rotatable bonds is 12. The lowest BCUT2D eigenvalue weighted by Gasteiger charge is -2.28. The van der Waals surface area contributed by atoms with E-state index in [1.165, 1.54) is 0 Å². The molecule has 9 nitrogen and oxygen atoms in total. The molecular weight excluding hydrogens is 580 g/mol. The Hall–Kier alpha value is -5.12. The number of methoxy groups -OCH3 is 1. The number of aromatic nitrogens is 2. The number of hydrogen-bond acceptors (Lipinski definition) is 6.